The topological polar surface area (TPSA) is 36.0 Å². The van der Waals surface area contributed by atoms with Crippen LogP contribution in [0.3, 0.4) is 0 Å². The standard InChI is InChI=1S/C32H35F6N3O2/c1-22-5-6-24(15-23(22)2)16-28-20-39(9-3-4-10-40-13-14-43-21-30(40)7-8-30)11-12-41(28)29(42)25-17-26(31(33,34)35)19-27(18-25)32(36,37)38/h5-6,15,17-19,28H,7-14,16,20-21H2,1-2H3/t28-/m1/s1. The summed E-state index contributed by atoms with van der Waals surface area (Å²) in [5.41, 5.74) is -0.420. The van der Waals surface area contributed by atoms with Crippen molar-refractivity contribution in [1.29, 1.82) is 0 Å². The normalized spacial score (nSPS) is 21.0. The second kappa shape index (κ2) is 12.1. The van der Waals surface area contributed by atoms with Crippen molar-refractivity contribution in [2.75, 3.05) is 52.5 Å². The molecule has 1 amide bonds. The van der Waals surface area contributed by atoms with Crippen LogP contribution in [0.5, 0.6) is 0 Å². The van der Waals surface area contributed by atoms with Crippen LogP contribution in [-0.2, 0) is 23.5 Å². The third-order valence-electron chi connectivity index (χ3n) is 8.78. The fraction of sp³-hybridized carbons (Fsp3) is 0.531. The molecule has 2 saturated heterocycles. The number of carbonyl (C=O) groups excluding carboxylic acids is 1. The van der Waals surface area contributed by atoms with E-state index in [9.17, 15) is 31.1 Å². The summed E-state index contributed by atoms with van der Waals surface area (Å²) in [4.78, 5) is 19.5. The molecule has 5 nitrogen and oxygen atoms in total. The maximum Gasteiger partial charge on any atom is 0.416 e. The maximum absolute atomic E-state index is 13.6. The number of hydrogen-bond donors (Lipinski definition) is 0. The molecule has 43 heavy (non-hydrogen) atoms. The second-order valence-electron chi connectivity index (χ2n) is 11.9. The molecule has 3 aliphatic rings. The van der Waals surface area contributed by atoms with Crippen LogP contribution in [0.1, 0.15) is 51.0 Å². The fourth-order valence-electron chi connectivity index (χ4n) is 5.89. The number of alkyl halides is 6. The summed E-state index contributed by atoms with van der Waals surface area (Å²) in [6.07, 6.45) is -7.44. The summed E-state index contributed by atoms with van der Waals surface area (Å²) in [5.74, 6) is 5.65. The molecule has 1 aliphatic carbocycles. The number of halogens is 6. The number of rotatable bonds is 5. The van der Waals surface area contributed by atoms with E-state index >= 15 is 0 Å². The van der Waals surface area contributed by atoms with Gasteiger partial charge < -0.3 is 9.64 Å². The molecule has 2 aromatic rings. The predicted molar refractivity (Wildman–Crippen MR) is 149 cm³/mol. The second-order valence-corrected chi connectivity index (χ2v) is 11.9. The first kappa shape index (κ1) is 31.4. The molecule has 0 aromatic heterocycles. The van der Waals surface area contributed by atoms with Gasteiger partial charge in [0.05, 0.1) is 37.4 Å². The Labute approximate surface area is 247 Å². The van der Waals surface area contributed by atoms with Crippen LogP contribution in [0.4, 0.5) is 26.3 Å². The van der Waals surface area contributed by atoms with Crippen LogP contribution in [0.25, 0.3) is 0 Å². The highest BCUT2D eigenvalue weighted by atomic mass is 19.4. The molecule has 11 heteroatoms. The van der Waals surface area contributed by atoms with E-state index in [2.05, 4.69) is 21.6 Å². The molecule has 5 rings (SSSR count). The van der Waals surface area contributed by atoms with Gasteiger partial charge in [0.1, 0.15) is 0 Å². The molecular weight excluding hydrogens is 572 g/mol. The van der Waals surface area contributed by atoms with Gasteiger partial charge in [0.2, 0.25) is 0 Å². The van der Waals surface area contributed by atoms with Crippen molar-refractivity contribution in [2.45, 2.75) is 57.0 Å². The highest BCUT2D eigenvalue weighted by molar-refractivity contribution is 5.95. The number of piperazine rings is 1. The van der Waals surface area contributed by atoms with Crippen LogP contribution in [0, 0.1) is 25.7 Å². The summed E-state index contributed by atoms with van der Waals surface area (Å²) in [5, 5.41) is 0. The quantitative estimate of drug-likeness (QED) is 0.329. The van der Waals surface area contributed by atoms with Crippen molar-refractivity contribution in [3.63, 3.8) is 0 Å². The molecule has 1 atom stereocenters. The van der Waals surface area contributed by atoms with Gasteiger partial charge in [-0.05, 0) is 68.0 Å². The van der Waals surface area contributed by atoms with Gasteiger partial charge in [0.25, 0.3) is 5.91 Å². The van der Waals surface area contributed by atoms with E-state index < -0.39 is 41.0 Å². The number of carbonyl (C=O) groups is 1. The summed E-state index contributed by atoms with van der Waals surface area (Å²) in [6.45, 7) is 8.25. The Morgan fingerprint density at radius 3 is 2.21 bits per heavy atom. The number of benzene rings is 2. The Hall–Kier alpha value is -3.07. The molecule has 0 unspecified atom stereocenters. The van der Waals surface area contributed by atoms with Gasteiger partial charge in [0, 0.05) is 43.3 Å². The van der Waals surface area contributed by atoms with Gasteiger partial charge in [-0.2, -0.15) is 26.3 Å². The number of aryl methyl sites for hydroxylation is 2. The van der Waals surface area contributed by atoms with E-state index in [1.165, 1.54) is 4.90 Å². The number of ether oxygens (including phenoxy) is 1. The van der Waals surface area contributed by atoms with Gasteiger partial charge in [-0.25, -0.2) is 0 Å². The van der Waals surface area contributed by atoms with Gasteiger partial charge in [-0.3, -0.25) is 14.6 Å². The highest BCUT2D eigenvalue weighted by Crippen LogP contribution is 2.43. The molecular formula is C32H35F6N3O2. The minimum atomic E-state index is -5.03. The summed E-state index contributed by atoms with van der Waals surface area (Å²) in [6, 6.07) is 6.50. The minimum absolute atomic E-state index is 0.0436. The first-order valence-electron chi connectivity index (χ1n) is 14.4. The van der Waals surface area contributed by atoms with Crippen molar-refractivity contribution in [3.8, 4) is 11.8 Å². The molecule has 232 valence electrons. The summed E-state index contributed by atoms with van der Waals surface area (Å²) >= 11 is 0. The van der Waals surface area contributed by atoms with E-state index in [1.54, 1.807) is 0 Å². The Morgan fingerprint density at radius 2 is 1.58 bits per heavy atom. The molecule has 1 saturated carbocycles. The third-order valence-corrected chi connectivity index (χ3v) is 8.78. The average Bonchev–Trinajstić information content (AvgIpc) is 3.72. The molecule has 0 N–H and O–H groups in total. The van der Waals surface area contributed by atoms with Gasteiger partial charge in [0.15, 0.2) is 0 Å². The van der Waals surface area contributed by atoms with Crippen molar-refractivity contribution in [2.24, 2.45) is 0 Å². The third kappa shape index (κ3) is 7.36. The van der Waals surface area contributed by atoms with Crippen molar-refractivity contribution in [3.05, 3.63) is 69.8 Å². The van der Waals surface area contributed by atoms with Gasteiger partial charge in [-0.15, -0.1) is 0 Å². The lowest BCUT2D eigenvalue weighted by Gasteiger charge is -2.41. The Balaban J connectivity index is 1.35. The van der Waals surface area contributed by atoms with Crippen LogP contribution in [0.15, 0.2) is 36.4 Å². The smallest absolute Gasteiger partial charge is 0.378 e. The highest BCUT2D eigenvalue weighted by Gasteiger charge is 2.49. The van der Waals surface area contributed by atoms with E-state index in [0.29, 0.717) is 51.3 Å². The number of nitrogens with zero attached hydrogens (tertiary/aromatic N) is 3. The lowest BCUT2D eigenvalue weighted by Crippen LogP contribution is -2.56. The van der Waals surface area contributed by atoms with Crippen LogP contribution < -0.4 is 0 Å². The zero-order valence-electron chi connectivity index (χ0n) is 24.2. The Bertz CT molecular complexity index is 1370. The van der Waals surface area contributed by atoms with Crippen molar-refractivity contribution in [1.82, 2.24) is 14.7 Å². The lowest BCUT2D eigenvalue weighted by atomic mass is 9.97. The molecule has 2 heterocycles. The predicted octanol–water partition coefficient (Wildman–Crippen LogP) is 5.58. The first-order chi connectivity index (χ1) is 20.2. The summed E-state index contributed by atoms with van der Waals surface area (Å²) < 4.78 is 86.7. The maximum atomic E-state index is 13.6. The van der Waals surface area contributed by atoms with E-state index in [-0.39, 0.29) is 18.2 Å². The van der Waals surface area contributed by atoms with Gasteiger partial charge in [-0.1, -0.05) is 30.0 Å². The Morgan fingerprint density at radius 1 is 0.907 bits per heavy atom. The Kier molecular flexibility index (Phi) is 8.85. The monoisotopic (exact) mass is 607 g/mol. The average molecular weight is 608 g/mol. The molecule has 2 aromatic carbocycles. The van der Waals surface area contributed by atoms with Gasteiger partial charge >= 0.3 is 12.4 Å². The van der Waals surface area contributed by atoms with E-state index in [1.807, 2.05) is 32.0 Å². The number of hydrogen-bond acceptors (Lipinski definition) is 4. The van der Waals surface area contributed by atoms with Crippen LogP contribution in [-0.4, -0.2) is 84.7 Å². The van der Waals surface area contributed by atoms with Crippen molar-refractivity contribution < 1.29 is 35.9 Å². The molecule has 1 spiro atoms. The molecule has 0 bridgehead atoms. The number of morpholine rings is 1. The summed E-state index contributed by atoms with van der Waals surface area (Å²) in [7, 11) is 0. The zero-order valence-corrected chi connectivity index (χ0v) is 24.2. The van der Waals surface area contributed by atoms with Crippen molar-refractivity contribution >= 4 is 5.91 Å². The number of amides is 1. The van der Waals surface area contributed by atoms with E-state index in [0.717, 1.165) is 42.7 Å². The molecule has 0 radical (unpaired) electrons. The first-order valence-corrected chi connectivity index (χ1v) is 14.4. The van der Waals surface area contributed by atoms with Crippen LogP contribution >= 0.6 is 0 Å². The largest absolute Gasteiger partial charge is 0.416 e. The SMILES string of the molecule is Cc1ccc(C[C@@H]2CN(CC#CCN3CCOCC34CC4)CCN2C(=O)c2cc(C(F)(F)F)cc(C(F)(F)F)c2)cc1C. The molecule has 2 aliphatic heterocycles. The fourth-order valence-corrected chi connectivity index (χ4v) is 5.89. The lowest BCUT2D eigenvalue weighted by molar-refractivity contribution is -0.143. The van der Waals surface area contributed by atoms with E-state index in [4.69, 9.17) is 4.74 Å². The minimum Gasteiger partial charge on any atom is -0.378 e. The molecule has 3 fully saturated rings. The zero-order chi connectivity index (χ0) is 31.0. The van der Waals surface area contributed by atoms with Crippen LogP contribution in [0.2, 0.25) is 0 Å².